The van der Waals surface area contributed by atoms with Crippen molar-refractivity contribution in [3.05, 3.63) is 212 Å². The number of fused-ring (bicyclic) bond motifs is 8. The topological polar surface area (TPSA) is 46.7 Å². The molecule has 11 aromatic rings. The molecule has 0 fully saturated rings. The zero-order valence-corrected chi connectivity index (χ0v) is 37.6. The molecule has 0 radical (unpaired) electrons. The van der Waals surface area contributed by atoms with Crippen LogP contribution in [0.2, 0.25) is 0 Å². The van der Waals surface area contributed by atoms with Crippen LogP contribution in [0.15, 0.2) is 204 Å². The van der Waals surface area contributed by atoms with Crippen molar-refractivity contribution >= 4 is 66.5 Å². The number of furan rings is 1. The third kappa shape index (κ3) is 6.88. The summed E-state index contributed by atoms with van der Waals surface area (Å²) in [6.07, 6.45) is 1.85. The molecule has 0 saturated heterocycles. The van der Waals surface area contributed by atoms with Crippen LogP contribution in [0.1, 0.15) is 40.0 Å². The quantitative estimate of drug-likeness (QED) is 0.149. The Hall–Kier alpha value is -7.40. The molecule has 0 atom stereocenters. The number of hydrogen-bond donors (Lipinski definition) is 0. The number of ether oxygens (including phenoxy) is 1. The Bertz CT molecular complexity index is 4040. The van der Waals surface area contributed by atoms with Crippen LogP contribution in [0.3, 0.4) is 0 Å². The summed E-state index contributed by atoms with van der Waals surface area (Å²) in [5.41, 5.74) is 6.73. The molecule has 6 nitrogen and oxygen atoms in total. The van der Waals surface area contributed by atoms with Crippen LogP contribution < -0.4 is 14.5 Å². The molecule has 1 aliphatic heterocycles. The van der Waals surface area contributed by atoms with Gasteiger partial charge in [-0.05, 0) is 88.8 Å². The van der Waals surface area contributed by atoms with Crippen LogP contribution in [0.25, 0.3) is 71.8 Å². The standard InChI is InChI=1S/C58H43N4O2.Pt/c1-58(2,3)40-32-33-59-54(34-40)62-51-31-30-47-46-22-10-13-27-53(46)64-57(47)55(51)48-29-28-43(36-52(48)62)63-42-21-14-20-41(35-42)60-37-61(50-26-12-11-25-49(50)60)56-44(38-16-6-4-7-17-38)23-15-24-45(56)39-18-8-5-9-19-39;/h4-37H,1-3H3;/q-1;+2/i4D,5D,6D,7D,8D,9D,16D,17D,18D,19D;. The number of para-hydroxylation sites is 4. The average Bonchev–Trinajstić information content (AvgIpc) is 4.09. The summed E-state index contributed by atoms with van der Waals surface area (Å²) in [6, 6.07) is 37.2. The van der Waals surface area contributed by atoms with E-state index in [0.717, 1.165) is 55.1 Å². The predicted octanol–water partition coefficient (Wildman–Crippen LogP) is 15.9. The zero-order chi connectivity index (χ0) is 51.6. The third-order valence-electron chi connectivity index (χ3n) is 11.9. The summed E-state index contributed by atoms with van der Waals surface area (Å²) in [6.45, 7) is 8.31. The van der Waals surface area contributed by atoms with Crippen LogP contribution in [0.5, 0.6) is 11.5 Å². The molecule has 0 unspecified atom stereocenters. The molecule has 0 amide bonds. The van der Waals surface area contributed by atoms with Crippen molar-refractivity contribution in [2.24, 2.45) is 0 Å². The molecule has 0 N–H and O–H groups in total. The number of rotatable bonds is 7. The summed E-state index contributed by atoms with van der Waals surface area (Å²) in [4.78, 5) is 8.60. The number of anilines is 4. The number of aromatic nitrogens is 2. The summed E-state index contributed by atoms with van der Waals surface area (Å²) in [5.74, 6) is 1.83. The SMILES string of the molecule is [2H]c1c([2H])c([2H])c(-c2cccc(-c3c([2H])c([2H])c([2H])c([2H])c3[2H])c2N2[CH-]N(c3cccc(Oc4ccc5c6c7oc8ccccc8c7ccc6n(-c6cc(C(C)(C)C)ccn6)c5c4)c3)c3ccccc32)c([2H])c1[2H].[Pt+2]. The Kier molecular flexibility index (Phi) is 7.54. The van der Waals surface area contributed by atoms with Crippen LogP contribution >= 0.6 is 0 Å². The minimum atomic E-state index is -0.562. The summed E-state index contributed by atoms with van der Waals surface area (Å²) in [7, 11) is 0. The number of pyridine rings is 1. The first-order valence-electron chi connectivity index (χ1n) is 25.9. The van der Waals surface area contributed by atoms with Gasteiger partial charge in [0.15, 0.2) is 0 Å². The molecule has 65 heavy (non-hydrogen) atoms. The maximum Gasteiger partial charge on any atom is 2.00 e. The minimum absolute atomic E-state index is 0. The van der Waals surface area contributed by atoms with Crippen LogP contribution in [0.4, 0.5) is 22.7 Å². The molecule has 4 heterocycles. The Labute approximate surface area is 406 Å². The van der Waals surface area contributed by atoms with E-state index in [4.69, 9.17) is 27.8 Å². The van der Waals surface area contributed by atoms with Crippen molar-refractivity contribution < 1.29 is 43.9 Å². The smallest absolute Gasteiger partial charge is 0.473 e. The molecule has 1 aliphatic rings. The fourth-order valence-corrected chi connectivity index (χ4v) is 8.88. The van der Waals surface area contributed by atoms with E-state index in [-0.39, 0.29) is 54.4 Å². The third-order valence-corrected chi connectivity index (χ3v) is 11.9. The molecule has 3 aromatic heterocycles. The van der Waals surface area contributed by atoms with Gasteiger partial charge < -0.3 is 19.0 Å². The van der Waals surface area contributed by atoms with Crippen LogP contribution in [-0.4, -0.2) is 9.55 Å². The molecular formula is C58H43N4O2Pt+. The van der Waals surface area contributed by atoms with E-state index < -0.39 is 60.4 Å². The molecule has 0 saturated carbocycles. The Morgan fingerprint density at radius 1 is 0.600 bits per heavy atom. The van der Waals surface area contributed by atoms with Gasteiger partial charge in [-0.1, -0.05) is 136 Å². The Balaban J connectivity index is 0.00000602. The molecule has 12 rings (SSSR count). The van der Waals surface area contributed by atoms with Crippen molar-refractivity contribution in [1.82, 2.24) is 9.55 Å². The van der Waals surface area contributed by atoms with Crippen LogP contribution in [0, 0.1) is 6.67 Å². The second-order valence-corrected chi connectivity index (χ2v) is 16.7. The fourth-order valence-electron chi connectivity index (χ4n) is 8.88. The summed E-state index contributed by atoms with van der Waals surface area (Å²) >= 11 is 0. The first-order valence-corrected chi connectivity index (χ1v) is 20.9. The fraction of sp³-hybridized carbons (Fsp3) is 0.0690. The minimum Gasteiger partial charge on any atom is -0.473 e. The predicted molar refractivity (Wildman–Crippen MR) is 263 cm³/mol. The normalized spacial score (nSPS) is 14.8. The molecule has 0 spiro atoms. The monoisotopic (exact) mass is 1030 g/mol. The van der Waals surface area contributed by atoms with Gasteiger partial charge in [-0.3, -0.25) is 4.57 Å². The largest absolute Gasteiger partial charge is 2.00 e. The van der Waals surface area contributed by atoms with Crippen molar-refractivity contribution in [3.63, 3.8) is 0 Å². The maximum atomic E-state index is 9.05. The van der Waals surface area contributed by atoms with Gasteiger partial charge >= 0.3 is 21.1 Å². The molecule has 0 bridgehead atoms. The van der Waals surface area contributed by atoms with Crippen molar-refractivity contribution in [1.29, 1.82) is 0 Å². The van der Waals surface area contributed by atoms with Gasteiger partial charge in [-0.2, -0.15) is 0 Å². The Morgan fingerprint density at radius 2 is 1.26 bits per heavy atom. The summed E-state index contributed by atoms with van der Waals surface area (Å²) < 4.78 is 103. The maximum absolute atomic E-state index is 9.05. The molecule has 316 valence electrons. The van der Waals surface area contributed by atoms with Gasteiger partial charge in [0.25, 0.3) is 0 Å². The number of benzene rings is 8. The second-order valence-electron chi connectivity index (χ2n) is 16.7. The first kappa shape index (κ1) is 30.6. The van der Waals surface area contributed by atoms with Crippen LogP contribution in [-0.2, 0) is 26.5 Å². The van der Waals surface area contributed by atoms with E-state index in [0.29, 0.717) is 28.6 Å². The molecular weight excluding hydrogens is 980 g/mol. The van der Waals surface area contributed by atoms with Crippen molar-refractivity contribution in [2.75, 3.05) is 9.80 Å². The molecule has 0 aliphatic carbocycles. The van der Waals surface area contributed by atoms with E-state index in [9.17, 15) is 0 Å². The number of hydrogen-bond acceptors (Lipinski definition) is 5. The second kappa shape index (κ2) is 16.0. The van der Waals surface area contributed by atoms with Gasteiger partial charge in [0, 0.05) is 68.4 Å². The summed E-state index contributed by atoms with van der Waals surface area (Å²) in [5, 5.41) is 3.97. The van der Waals surface area contributed by atoms with Crippen molar-refractivity contribution in [3.8, 4) is 39.6 Å². The first-order chi connectivity index (χ1) is 35.5. The Morgan fingerprint density at radius 3 is 2.00 bits per heavy atom. The average molecular weight is 1030 g/mol. The number of nitrogens with zero attached hydrogens (tertiary/aromatic N) is 4. The van der Waals surface area contributed by atoms with E-state index in [1.54, 1.807) is 29.8 Å². The van der Waals surface area contributed by atoms with Gasteiger partial charge in [-0.25, -0.2) is 4.98 Å². The molecule has 7 heteroatoms. The zero-order valence-electron chi connectivity index (χ0n) is 45.3. The van der Waals surface area contributed by atoms with E-state index in [1.165, 1.54) is 0 Å². The van der Waals surface area contributed by atoms with Gasteiger partial charge in [0.2, 0.25) is 0 Å². The van der Waals surface area contributed by atoms with E-state index in [2.05, 4.69) is 55.7 Å². The van der Waals surface area contributed by atoms with Gasteiger partial charge in [-0.15, -0.1) is 6.67 Å². The van der Waals surface area contributed by atoms with Gasteiger partial charge in [0.05, 0.1) is 30.1 Å². The molecule has 8 aromatic carbocycles. The van der Waals surface area contributed by atoms with E-state index >= 15 is 0 Å². The van der Waals surface area contributed by atoms with E-state index in [1.807, 2.05) is 96.0 Å². The van der Waals surface area contributed by atoms with Crippen molar-refractivity contribution in [2.45, 2.75) is 26.2 Å². The van der Waals surface area contributed by atoms with Gasteiger partial charge in [0.1, 0.15) is 28.5 Å².